The first-order valence-electron chi connectivity index (χ1n) is 9.72. The third-order valence-corrected chi connectivity index (χ3v) is 4.58. The van der Waals surface area contributed by atoms with E-state index >= 15 is 0 Å². The number of aromatic nitrogens is 1. The molecule has 0 saturated heterocycles. The summed E-state index contributed by atoms with van der Waals surface area (Å²) in [5, 5.41) is 0. The van der Waals surface area contributed by atoms with Crippen LogP contribution in [0.15, 0.2) is 30.5 Å². The number of hydrogen-bond donors (Lipinski definition) is 0. The average Bonchev–Trinajstić information content (AvgIpc) is 3.13. The molecule has 0 radical (unpaired) electrons. The monoisotopic (exact) mass is 416 g/mol. The summed E-state index contributed by atoms with van der Waals surface area (Å²) in [5.74, 6) is 0.106. The fourth-order valence-corrected chi connectivity index (χ4v) is 2.93. The predicted octanol–water partition coefficient (Wildman–Crippen LogP) is 2.84. The molecular weight excluding hydrogens is 388 g/mol. The molecule has 0 saturated carbocycles. The number of carbonyl (C=O) groups excluding carboxylic acids is 3. The van der Waals surface area contributed by atoms with Gasteiger partial charge in [-0.3, -0.25) is 9.59 Å². The SMILES string of the molecule is CCOc1ccc(CN(CC)C(=O)COC(=O)c2cc(C(C)=O)cn2C)cc1OC. The highest BCUT2D eigenvalue weighted by molar-refractivity contribution is 5.98. The second kappa shape index (κ2) is 10.5. The highest BCUT2D eigenvalue weighted by Crippen LogP contribution is 2.28. The second-order valence-corrected chi connectivity index (χ2v) is 6.68. The number of aryl methyl sites for hydroxylation is 1. The maximum absolute atomic E-state index is 12.6. The van der Waals surface area contributed by atoms with E-state index in [0.717, 1.165) is 5.56 Å². The quantitative estimate of drug-likeness (QED) is 0.437. The molecule has 2 rings (SSSR count). The van der Waals surface area contributed by atoms with Crippen molar-refractivity contribution in [3.8, 4) is 11.5 Å². The Bertz CT molecular complexity index is 918. The van der Waals surface area contributed by atoms with Gasteiger partial charge in [0.2, 0.25) is 0 Å². The van der Waals surface area contributed by atoms with E-state index in [2.05, 4.69) is 0 Å². The van der Waals surface area contributed by atoms with Gasteiger partial charge in [0.25, 0.3) is 5.91 Å². The van der Waals surface area contributed by atoms with Crippen molar-refractivity contribution >= 4 is 17.7 Å². The van der Waals surface area contributed by atoms with Crippen LogP contribution in [0.5, 0.6) is 11.5 Å². The lowest BCUT2D eigenvalue weighted by Gasteiger charge is -2.21. The zero-order valence-corrected chi connectivity index (χ0v) is 18.1. The third kappa shape index (κ3) is 5.62. The number of ketones is 1. The average molecular weight is 416 g/mol. The Hall–Kier alpha value is -3.29. The number of Topliss-reactive ketones (excluding diaryl/α,β-unsaturated/α-hetero) is 1. The zero-order valence-electron chi connectivity index (χ0n) is 18.1. The van der Waals surface area contributed by atoms with Crippen LogP contribution in [-0.4, -0.2) is 54.0 Å². The number of esters is 1. The standard InChI is InChI=1S/C22H28N2O6/c1-6-24(12-16-8-9-19(29-7-2)20(10-16)28-5)21(26)14-30-22(27)18-11-17(15(3)25)13-23(18)4/h8-11,13H,6-7,12,14H2,1-5H3. The molecule has 0 atom stereocenters. The molecule has 0 aliphatic carbocycles. The van der Waals surface area contributed by atoms with Crippen molar-refractivity contribution in [3.63, 3.8) is 0 Å². The van der Waals surface area contributed by atoms with Crippen molar-refractivity contribution in [2.75, 3.05) is 26.9 Å². The number of carbonyl (C=O) groups is 3. The summed E-state index contributed by atoms with van der Waals surface area (Å²) in [4.78, 5) is 37.9. The molecule has 0 N–H and O–H groups in total. The van der Waals surface area contributed by atoms with Crippen molar-refractivity contribution in [2.45, 2.75) is 27.3 Å². The molecule has 0 aliphatic heterocycles. The number of likely N-dealkylation sites (N-methyl/N-ethyl adjacent to an activating group) is 1. The molecule has 0 bridgehead atoms. The van der Waals surface area contributed by atoms with Gasteiger partial charge in [0.05, 0.1) is 13.7 Å². The predicted molar refractivity (Wildman–Crippen MR) is 111 cm³/mol. The first-order chi connectivity index (χ1) is 14.3. The Balaban J connectivity index is 2.01. The van der Waals surface area contributed by atoms with Crippen LogP contribution in [-0.2, 0) is 23.1 Å². The van der Waals surface area contributed by atoms with Crippen LogP contribution in [0.25, 0.3) is 0 Å². The normalized spacial score (nSPS) is 10.4. The molecule has 8 heteroatoms. The van der Waals surface area contributed by atoms with E-state index in [1.165, 1.54) is 17.6 Å². The highest BCUT2D eigenvalue weighted by atomic mass is 16.5. The van der Waals surface area contributed by atoms with Crippen LogP contribution in [0, 0.1) is 0 Å². The molecule has 30 heavy (non-hydrogen) atoms. The number of rotatable bonds is 10. The van der Waals surface area contributed by atoms with Gasteiger partial charge in [0, 0.05) is 31.9 Å². The number of nitrogens with zero attached hydrogens (tertiary/aromatic N) is 2. The molecule has 162 valence electrons. The topological polar surface area (TPSA) is 87.1 Å². The van der Waals surface area contributed by atoms with E-state index in [-0.39, 0.29) is 24.0 Å². The first kappa shape index (κ1) is 23.0. The fraction of sp³-hybridized carbons (Fsp3) is 0.409. The van der Waals surface area contributed by atoms with Crippen LogP contribution in [0.3, 0.4) is 0 Å². The molecule has 1 aromatic heterocycles. The van der Waals surface area contributed by atoms with Crippen molar-refractivity contribution in [1.82, 2.24) is 9.47 Å². The minimum absolute atomic E-state index is 0.149. The Morgan fingerprint density at radius 1 is 1.10 bits per heavy atom. The summed E-state index contributed by atoms with van der Waals surface area (Å²) in [6.07, 6.45) is 1.55. The molecule has 0 unspecified atom stereocenters. The number of methoxy groups -OCH3 is 1. The van der Waals surface area contributed by atoms with E-state index in [1.807, 2.05) is 26.0 Å². The molecule has 8 nitrogen and oxygen atoms in total. The van der Waals surface area contributed by atoms with Gasteiger partial charge in [-0.05, 0) is 44.5 Å². The lowest BCUT2D eigenvalue weighted by molar-refractivity contribution is -0.135. The first-order valence-corrected chi connectivity index (χ1v) is 9.72. The molecular formula is C22H28N2O6. The number of amides is 1. The highest BCUT2D eigenvalue weighted by Gasteiger charge is 2.19. The summed E-state index contributed by atoms with van der Waals surface area (Å²) in [7, 11) is 3.20. The van der Waals surface area contributed by atoms with Gasteiger partial charge < -0.3 is 23.7 Å². The largest absolute Gasteiger partial charge is 0.493 e. The van der Waals surface area contributed by atoms with E-state index in [4.69, 9.17) is 14.2 Å². The van der Waals surface area contributed by atoms with Crippen LogP contribution in [0.2, 0.25) is 0 Å². The van der Waals surface area contributed by atoms with Crippen molar-refractivity contribution in [3.05, 3.63) is 47.3 Å². The lowest BCUT2D eigenvalue weighted by Crippen LogP contribution is -2.34. The van der Waals surface area contributed by atoms with Gasteiger partial charge in [-0.2, -0.15) is 0 Å². The van der Waals surface area contributed by atoms with Gasteiger partial charge in [-0.15, -0.1) is 0 Å². The molecule has 0 fully saturated rings. The van der Waals surface area contributed by atoms with Crippen molar-refractivity contribution in [2.24, 2.45) is 7.05 Å². The van der Waals surface area contributed by atoms with E-state index in [0.29, 0.717) is 36.8 Å². The summed E-state index contributed by atoms with van der Waals surface area (Å²) >= 11 is 0. The maximum atomic E-state index is 12.6. The van der Waals surface area contributed by atoms with E-state index < -0.39 is 5.97 Å². The van der Waals surface area contributed by atoms with Gasteiger partial charge in [0.15, 0.2) is 23.9 Å². The third-order valence-electron chi connectivity index (χ3n) is 4.58. The van der Waals surface area contributed by atoms with Crippen LogP contribution < -0.4 is 9.47 Å². The van der Waals surface area contributed by atoms with E-state index in [1.54, 1.807) is 31.3 Å². The molecule has 1 amide bonds. The van der Waals surface area contributed by atoms with Gasteiger partial charge in [-0.1, -0.05) is 6.07 Å². The van der Waals surface area contributed by atoms with Crippen LogP contribution in [0.1, 0.15) is 47.2 Å². The second-order valence-electron chi connectivity index (χ2n) is 6.68. The number of ether oxygens (including phenoxy) is 3. The molecule has 1 heterocycles. The van der Waals surface area contributed by atoms with Gasteiger partial charge in [-0.25, -0.2) is 4.79 Å². The number of hydrogen-bond acceptors (Lipinski definition) is 6. The summed E-state index contributed by atoms with van der Waals surface area (Å²) in [6, 6.07) is 6.94. The molecule has 2 aromatic rings. The summed E-state index contributed by atoms with van der Waals surface area (Å²) < 4.78 is 17.5. The van der Waals surface area contributed by atoms with Crippen LogP contribution >= 0.6 is 0 Å². The smallest absolute Gasteiger partial charge is 0.355 e. The van der Waals surface area contributed by atoms with Crippen molar-refractivity contribution in [1.29, 1.82) is 0 Å². The molecule has 0 spiro atoms. The minimum Gasteiger partial charge on any atom is -0.493 e. The maximum Gasteiger partial charge on any atom is 0.355 e. The van der Waals surface area contributed by atoms with Gasteiger partial charge >= 0.3 is 5.97 Å². The summed E-state index contributed by atoms with van der Waals surface area (Å²) in [5.41, 5.74) is 1.49. The Labute approximate surface area is 176 Å². The Morgan fingerprint density at radius 2 is 1.83 bits per heavy atom. The fourth-order valence-electron chi connectivity index (χ4n) is 2.93. The van der Waals surface area contributed by atoms with Crippen LogP contribution in [0.4, 0.5) is 0 Å². The summed E-state index contributed by atoms with van der Waals surface area (Å²) in [6.45, 7) is 6.09. The molecule has 0 aliphatic rings. The Kier molecular flexibility index (Phi) is 8.03. The minimum atomic E-state index is -0.655. The molecule has 1 aromatic carbocycles. The lowest BCUT2D eigenvalue weighted by atomic mass is 10.2. The number of benzene rings is 1. The van der Waals surface area contributed by atoms with Gasteiger partial charge in [0.1, 0.15) is 5.69 Å². The zero-order chi connectivity index (χ0) is 22.3. The Morgan fingerprint density at radius 3 is 2.40 bits per heavy atom. The van der Waals surface area contributed by atoms with Crippen molar-refractivity contribution < 1.29 is 28.6 Å². The van der Waals surface area contributed by atoms with E-state index in [9.17, 15) is 14.4 Å².